The largest absolute Gasteiger partial charge is 0.405 e. The average molecular weight is 481 g/mol. The van der Waals surface area contributed by atoms with E-state index in [2.05, 4.69) is 44.7 Å². The fourth-order valence-electron chi connectivity index (χ4n) is 3.55. The lowest BCUT2D eigenvalue weighted by molar-refractivity contribution is -0.123. The van der Waals surface area contributed by atoms with Gasteiger partial charge in [-0.3, -0.25) is 4.79 Å². The number of hydrogen-bond donors (Lipinski definition) is 4. The minimum Gasteiger partial charge on any atom is -0.350 e. The molecule has 12 heteroatoms. The van der Waals surface area contributed by atoms with Gasteiger partial charge in [0.05, 0.1) is 0 Å². The van der Waals surface area contributed by atoms with Crippen LogP contribution in [0.25, 0.3) is 0 Å². The first-order valence-corrected chi connectivity index (χ1v) is 11.2. The summed E-state index contributed by atoms with van der Waals surface area (Å²) in [7, 11) is 1.90. The van der Waals surface area contributed by atoms with Crippen LogP contribution in [-0.4, -0.2) is 66.3 Å². The zero-order valence-electron chi connectivity index (χ0n) is 19.8. The van der Waals surface area contributed by atoms with Gasteiger partial charge in [0.25, 0.3) is 5.91 Å². The van der Waals surface area contributed by atoms with Crippen molar-refractivity contribution in [2.75, 3.05) is 48.8 Å². The lowest BCUT2D eigenvalue weighted by Gasteiger charge is -2.21. The van der Waals surface area contributed by atoms with E-state index in [4.69, 9.17) is 0 Å². The molecule has 1 aliphatic heterocycles. The third-order valence-electron chi connectivity index (χ3n) is 5.19. The van der Waals surface area contributed by atoms with Crippen LogP contribution >= 0.6 is 0 Å². The molecule has 1 aromatic heterocycles. The number of carbonyl (C=O) groups excluding carboxylic acids is 1. The highest BCUT2D eigenvalue weighted by Gasteiger charge is 2.28. The number of anilines is 4. The van der Waals surface area contributed by atoms with E-state index in [9.17, 15) is 18.0 Å². The summed E-state index contributed by atoms with van der Waals surface area (Å²) in [4.78, 5) is 27.7. The molecule has 186 valence electrons. The number of hydrogen-bond acceptors (Lipinski definition) is 8. The minimum atomic E-state index is -4.48. The molecule has 1 atom stereocenters. The number of aryl methyl sites for hydroxylation is 1. The van der Waals surface area contributed by atoms with Crippen LogP contribution in [-0.2, 0) is 0 Å². The monoisotopic (exact) mass is 480 g/mol. The van der Waals surface area contributed by atoms with Gasteiger partial charge in [0.15, 0.2) is 0 Å². The first-order valence-electron chi connectivity index (χ1n) is 11.2. The molecule has 0 saturated carbocycles. The number of rotatable bonds is 9. The van der Waals surface area contributed by atoms with Crippen LogP contribution < -0.4 is 26.2 Å². The smallest absolute Gasteiger partial charge is 0.350 e. The second kappa shape index (κ2) is 10.9. The van der Waals surface area contributed by atoms with Crippen molar-refractivity contribution in [2.24, 2.45) is 5.92 Å². The highest BCUT2D eigenvalue weighted by molar-refractivity contribution is 5.95. The first kappa shape index (κ1) is 25.5. The Morgan fingerprint density at radius 2 is 1.97 bits per heavy atom. The second-order valence-electron chi connectivity index (χ2n) is 8.84. The van der Waals surface area contributed by atoms with E-state index in [0.717, 1.165) is 31.6 Å². The summed E-state index contributed by atoms with van der Waals surface area (Å²) in [5.41, 5.74) is 1.38. The molecule has 2 aromatic rings. The Kier molecular flexibility index (Phi) is 8.13. The maximum atomic E-state index is 12.5. The molecule has 1 aromatic carbocycles. The van der Waals surface area contributed by atoms with Gasteiger partial charge in [-0.25, -0.2) is 0 Å². The normalized spacial score (nSPS) is 15.9. The van der Waals surface area contributed by atoms with Crippen molar-refractivity contribution in [2.45, 2.75) is 39.4 Å². The van der Waals surface area contributed by atoms with Crippen LogP contribution in [0.2, 0.25) is 0 Å². The van der Waals surface area contributed by atoms with Crippen molar-refractivity contribution in [3.05, 3.63) is 29.3 Å². The molecule has 3 rings (SSSR count). The van der Waals surface area contributed by atoms with E-state index in [1.165, 1.54) is 12.1 Å². The number of alkyl halides is 3. The van der Waals surface area contributed by atoms with Gasteiger partial charge in [-0.05, 0) is 43.5 Å². The van der Waals surface area contributed by atoms with Gasteiger partial charge in [-0.2, -0.15) is 28.1 Å². The van der Waals surface area contributed by atoms with Gasteiger partial charge in [-0.1, -0.05) is 19.9 Å². The summed E-state index contributed by atoms with van der Waals surface area (Å²) in [6, 6.07) is 4.81. The number of benzene rings is 1. The van der Waals surface area contributed by atoms with Crippen molar-refractivity contribution >= 4 is 29.4 Å². The van der Waals surface area contributed by atoms with Crippen LogP contribution in [0.15, 0.2) is 18.2 Å². The van der Waals surface area contributed by atoms with Crippen molar-refractivity contribution < 1.29 is 18.0 Å². The number of amides is 1. The Labute approximate surface area is 197 Å². The quantitative estimate of drug-likeness (QED) is 0.434. The number of aromatic nitrogens is 3. The molecule has 1 fully saturated rings. The summed E-state index contributed by atoms with van der Waals surface area (Å²) in [6.07, 6.45) is -3.54. The number of nitrogens with zero attached hydrogens (tertiary/aromatic N) is 4. The van der Waals surface area contributed by atoms with Gasteiger partial charge in [0, 0.05) is 37.4 Å². The Balaban J connectivity index is 1.85. The number of nitrogens with one attached hydrogen (secondary N) is 4. The topological polar surface area (TPSA) is 107 Å². The van der Waals surface area contributed by atoms with E-state index < -0.39 is 18.6 Å². The molecule has 0 radical (unpaired) electrons. The van der Waals surface area contributed by atoms with Gasteiger partial charge in [0.1, 0.15) is 6.54 Å². The van der Waals surface area contributed by atoms with Crippen molar-refractivity contribution in [1.82, 2.24) is 25.6 Å². The molecule has 2 heterocycles. The minimum absolute atomic E-state index is 0.0962. The Morgan fingerprint density at radius 3 is 2.62 bits per heavy atom. The third-order valence-corrected chi connectivity index (χ3v) is 5.19. The van der Waals surface area contributed by atoms with Crippen LogP contribution in [0.3, 0.4) is 0 Å². The second-order valence-corrected chi connectivity index (χ2v) is 8.84. The maximum absolute atomic E-state index is 12.5. The summed E-state index contributed by atoms with van der Waals surface area (Å²) in [6.45, 7) is 7.07. The molecule has 0 spiro atoms. The Hall–Kier alpha value is -3.15. The predicted octanol–water partition coefficient (Wildman–Crippen LogP) is 3.08. The SMILES string of the molecule is Cc1ccc(C(=O)NCC(F)(F)F)cc1Nc1nc(N[C@@H]2CCNC2)nc(N(C)CC(C)C)n1. The highest BCUT2D eigenvalue weighted by Crippen LogP contribution is 2.23. The average Bonchev–Trinajstić information content (AvgIpc) is 3.25. The summed E-state index contributed by atoms with van der Waals surface area (Å²) in [5.74, 6) is 0.752. The van der Waals surface area contributed by atoms with Crippen molar-refractivity contribution in [1.29, 1.82) is 0 Å². The molecule has 9 nitrogen and oxygen atoms in total. The Morgan fingerprint density at radius 1 is 1.24 bits per heavy atom. The van der Waals surface area contributed by atoms with E-state index in [1.807, 2.05) is 24.2 Å². The fourth-order valence-corrected chi connectivity index (χ4v) is 3.55. The zero-order chi connectivity index (χ0) is 24.9. The molecule has 1 saturated heterocycles. The summed E-state index contributed by atoms with van der Waals surface area (Å²) < 4.78 is 37.4. The lowest BCUT2D eigenvalue weighted by atomic mass is 10.1. The van der Waals surface area contributed by atoms with E-state index >= 15 is 0 Å². The molecular weight excluding hydrogens is 449 g/mol. The number of halogens is 3. The van der Waals surface area contributed by atoms with E-state index in [1.54, 1.807) is 6.07 Å². The van der Waals surface area contributed by atoms with Gasteiger partial charge in [-0.15, -0.1) is 0 Å². The third kappa shape index (κ3) is 7.44. The first-order chi connectivity index (χ1) is 16.0. The molecule has 1 amide bonds. The van der Waals surface area contributed by atoms with Gasteiger partial charge >= 0.3 is 6.18 Å². The molecule has 0 unspecified atom stereocenters. The van der Waals surface area contributed by atoms with E-state index in [-0.39, 0.29) is 17.6 Å². The summed E-state index contributed by atoms with van der Waals surface area (Å²) in [5, 5.41) is 11.6. The van der Waals surface area contributed by atoms with Gasteiger partial charge in [0.2, 0.25) is 17.8 Å². The molecular formula is C22H31F3N8O. The van der Waals surface area contributed by atoms with Crippen LogP contribution in [0.4, 0.5) is 36.7 Å². The van der Waals surface area contributed by atoms with Crippen LogP contribution in [0.5, 0.6) is 0 Å². The molecule has 0 bridgehead atoms. The molecule has 0 aliphatic carbocycles. The van der Waals surface area contributed by atoms with Gasteiger partial charge < -0.3 is 26.2 Å². The molecule has 1 aliphatic rings. The van der Waals surface area contributed by atoms with Crippen LogP contribution in [0, 0.1) is 12.8 Å². The highest BCUT2D eigenvalue weighted by atomic mass is 19.4. The molecule has 4 N–H and O–H groups in total. The number of carbonyl (C=O) groups is 1. The zero-order valence-corrected chi connectivity index (χ0v) is 19.8. The van der Waals surface area contributed by atoms with E-state index in [0.29, 0.717) is 23.5 Å². The van der Waals surface area contributed by atoms with Crippen molar-refractivity contribution in [3.8, 4) is 0 Å². The Bertz CT molecular complexity index is 993. The lowest BCUT2D eigenvalue weighted by Crippen LogP contribution is -2.33. The van der Waals surface area contributed by atoms with Crippen LogP contribution in [0.1, 0.15) is 36.2 Å². The maximum Gasteiger partial charge on any atom is 0.405 e. The van der Waals surface area contributed by atoms with Crippen molar-refractivity contribution in [3.63, 3.8) is 0 Å². The molecule has 34 heavy (non-hydrogen) atoms. The summed E-state index contributed by atoms with van der Waals surface area (Å²) >= 11 is 0. The predicted molar refractivity (Wildman–Crippen MR) is 126 cm³/mol. The fraction of sp³-hybridized carbons (Fsp3) is 0.545. The standard InChI is InChI=1S/C22H31F3N8O/c1-13(2)11-33(4)21-31-19(28-16-7-8-26-10-16)30-20(32-21)29-17-9-15(6-5-14(17)3)18(34)27-12-22(23,24)25/h5-6,9,13,16,26H,7-8,10-12H2,1-4H3,(H,27,34)(H2,28,29,30,31,32)/t16-/m1/s1.